The average molecular weight is 495 g/mol. The lowest BCUT2D eigenvalue weighted by molar-refractivity contribution is -0.138. The summed E-state index contributed by atoms with van der Waals surface area (Å²) in [5.41, 5.74) is 5.39. The van der Waals surface area contributed by atoms with Gasteiger partial charge in [0, 0.05) is 13.1 Å². The number of halogens is 3. The van der Waals surface area contributed by atoms with Crippen molar-refractivity contribution in [3.63, 3.8) is 0 Å². The lowest BCUT2D eigenvalue weighted by atomic mass is 10.2. The number of benzene rings is 2. The van der Waals surface area contributed by atoms with E-state index in [2.05, 4.69) is 15.3 Å². The number of amides is 1. The van der Waals surface area contributed by atoms with Crippen LogP contribution < -0.4 is 21.3 Å². The Labute approximate surface area is 197 Å². The third kappa shape index (κ3) is 5.33. The molecule has 12 heteroatoms. The quantitative estimate of drug-likeness (QED) is 0.457. The van der Waals surface area contributed by atoms with E-state index in [0.29, 0.717) is 12.1 Å². The molecular formula is C22H21ClF2N4O5. The van der Waals surface area contributed by atoms with E-state index in [9.17, 15) is 18.4 Å². The van der Waals surface area contributed by atoms with Crippen LogP contribution in [0.15, 0.2) is 35.1 Å². The molecule has 2 aromatic carbocycles. The molecular weight excluding hydrogens is 474 g/mol. The summed E-state index contributed by atoms with van der Waals surface area (Å²) in [6.45, 7) is 0.780. The van der Waals surface area contributed by atoms with E-state index >= 15 is 0 Å². The smallest absolute Gasteiger partial charge is 0.287 e. The Kier molecular flexibility index (Phi) is 7.37. The highest BCUT2D eigenvalue weighted by molar-refractivity contribution is 6.30. The maximum atomic E-state index is 14.5. The second-order valence-corrected chi connectivity index (χ2v) is 7.98. The maximum Gasteiger partial charge on any atom is 0.287 e. The fraction of sp³-hybridized carbons (Fsp3) is 0.318. The van der Waals surface area contributed by atoms with E-state index < -0.39 is 29.2 Å². The van der Waals surface area contributed by atoms with E-state index in [1.165, 1.54) is 24.3 Å². The summed E-state index contributed by atoms with van der Waals surface area (Å²) in [5, 5.41) is 2.34. The average Bonchev–Trinajstić information content (AvgIpc) is 2.84. The van der Waals surface area contributed by atoms with Crippen molar-refractivity contribution in [1.82, 2.24) is 15.3 Å². The molecule has 0 spiro atoms. The Hall–Kier alpha value is -3.12. The van der Waals surface area contributed by atoms with Gasteiger partial charge in [0.05, 0.1) is 29.9 Å². The van der Waals surface area contributed by atoms with Gasteiger partial charge in [0.2, 0.25) is 0 Å². The number of nitrogens with two attached hydrogens (primary N) is 1. The zero-order valence-electron chi connectivity index (χ0n) is 17.8. The van der Waals surface area contributed by atoms with Crippen molar-refractivity contribution in [1.29, 1.82) is 0 Å². The van der Waals surface area contributed by atoms with Crippen molar-refractivity contribution in [3.05, 3.63) is 68.7 Å². The van der Waals surface area contributed by atoms with Crippen LogP contribution >= 0.6 is 11.6 Å². The number of fused-ring (bicyclic) bond motifs is 1. The Bertz CT molecular complexity index is 1260. The lowest BCUT2D eigenvalue weighted by Crippen LogP contribution is -2.42. The Morgan fingerprint density at radius 1 is 1.21 bits per heavy atom. The van der Waals surface area contributed by atoms with Gasteiger partial charge in [-0.3, -0.25) is 9.59 Å². The molecule has 9 nitrogen and oxygen atoms in total. The molecule has 0 bridgehead atoms. The van der Waals surface area contributed by atoms with Crippen LogP contribution in [-0.2, 0) is 16.0 Å². The number of aromatic amines is 1. The van der Waals surface area contributed by atoms with E-state index in [1.54, 1.807) is 0 Å². The monoisotopic (exact) mass is 494 g/mol. The lowest BCUT2D eigenvalue weighted by Gasteiger charge is -2.28. The fourth-order valence-corrected chi connectivity index (χ4v) is 3.54. The molecule has 4 rings (SSSR count). The van der Waals surface area contributed by atoms with Gasteiger partial charge in [-0.1, -0.05) is 17.7 Å². The van der Waals surface area contributed by atoms with Crippen molar-refractivity contribution >= 4 is 28.4 Å². The zero-order chi connectivity index (χ0) is 24.2. The number of H-pyrrole nitrogens is 1. The van der Waals surface area contributed by atoms with Crippen LogP contribution in [-0.4, -0.2) is 54.4 Å². The van der Waals surface area contributed by atoms with Crippen LogP contribution in [0.4, 0.5) is 8.78 Å². The predicted molar refractivity (Wildman–Crippen MR) is 119 cm³/mol. The molecule has 2 heterocycles. The molecule has 1 amide bonds. The molecule has 0 radical (unpaired) electrons. The Morgan fingerprint density at radius 2 is 1.94 bits per heavy atom. The number of carbonyl (C=O) groups is 1. The highest BCUT2D eigenvalue weighted by Gasteiger charge is 2.24. The Morgan fingerprint density at radius 3 is 2.65 bits per heavy atom. The summed E-state index contributed by atoms with van der Waals surface area (Å²) in [6, 6.07) is 6.38. The van der Waals surface area contributed by atoms with E-state index in [4.69, 9.17) is 31.5 Å². The molecule has 2 unspecified atom stereocenters. The topological polar surface area (TPSA) is 129 Å². The number of hydrogen-bond acceptors (Lipinski definition) is 7. The van der Waals surface area contributed by atoms with Gasteiger partial charge in [-0.15, -0.1) is 0 Å². The van der Waals surface area contributed by atoms with Gasteiger partial charge in [-0.2, -0.15) is 0 Å². The van der Waals surface area contributed by atoms with Crippen molar-refractivity contribution in [2.75, 3.05) is 26.4 Å². The predicted octanol–water partition coefficient (Wildman–Crippen LogP) is 1.91. The van der Waals surface area contributed by atoms with Crippen molar-refractivity contribution in [2.45, 2.75) is 18.8 Å². The number of nitrogens with one attached hydrogen (secondary N) is 2. The van der Waals surface area contributed by atoms with Gasteiger partial charge >= 0.3 is 0 Å². The van der Waals surface area contributed by atoms with E-state index in [0.717, 1.165) is 6.07 Å². The summed E-state index contributed by atoms with van der Waals surface area (Å²) in [6.07, 6.45) is -0.670. The molecule has 0 aliphatic carbocycles. The number of rotatable bonds is 7. The number of ether oxygens (including phenoxy) is 3. The fourth-order valence-electron chi connectivity index (χ4n) is 3.33. The van der Waals surface area contributed by atoms with Crippen LogP contribution in [0.5, 0.6) is 5.75 Å². The Balaban J connectivity index is 1.49. The largest absolute Gasteiger partial charge is 0.487 e. The van der Waals surface area contributed by atoms with Gasteiger partial charge in [0.15, 0.2) is 17.4 Å². The summed E-state index contributed by atoms with van der Waals surface area (Å²) < 4.78 is 44.4. The van der Waals surface area contributed by atoms with Gasteiger partial charge in [-0.05, 0) is 29.8 Å². The highest BCUT2D eigenvalue weighted by Crippen LogP contribution is 2.26. The third-order valence-corrected chi connectivity index (χ3v) is 5.43. The SMILES string of the molecule is NCC1COC(COc2c(F)ccc3nc(C(=O)NCc4ccc(F)c(Cl)c4)[nH]c(=O)c23)CO1. The van der Waals surface area contributed by atoms with Gasteiger partial charge in [-0.25, -0.2) is 13.8 Å². The zero-order valence-corrected chi connectivity index (χ0v) is 18.5. The van der Waals surface area contributed by atoms with Crippen LogP contribution in [0.3, 0.4) is 0 Å². The van der Waals surface area contributed by atoms with E-state index in [-0.39, 0.29) is 60.0 Å². The standard InChI is InChI=1S/C22H21ClF2N4O5/c23-14-5-11(1-2-15(14)24)7-27-22(31)20-28-17-4-3-16(25)19(18(17)21(30)29-20)34-10-13-9-32-12(6-26)8-33-13/h1-5,12-13H,6-10,26H2,(H,27,31)(H,28,29,30). The molecule has 1 fully saturated rings. The minimum Gasteiger partial charge on any atom is -0.487 e. The normalized spacial score (nSPS) is 18.1. The number of hydrogen-bond donors (Lipinski definition) is 3. The third-order valence-electron chi connectivity index (χ3n) is 5.14. The molecule has 0 saturated carbocycles. The molecule has 2 atom stereocenters. The first-order chi connectivity index (χ1) is 16.4. The summed E-state index contributed by atoms with van der Waals surface area (Å²) >= 11 is 5.74. The molecule has 34 heavy (non-hydrogen) atoms. The maximum absolute atomic E-state index is 14.5. The second kappa shape index (κ2) is 10.4. The summed E-state index contributed by atoms with van der Waals surface area (Å²) in [7, 11) is 0. The molecule has 1 saturated heterocycles. The van der Waals surface area contributed by atoms with Crippen LogP contribution in [0.1, 0.15) is 16.2 Å². The second-order valence-electron chi connectivity index (χ2n) is 7.57. The molecule has 3 aromatic rings. The minimum atomic E-state index is -0.762. The minimum absolute atomic E-state index is 0.0207. The van der Waals surface area contributed by atoms with Crippen molar-refractivity contribution < 1.29 is 27.8 Å². The number of aromatic nitrogens is 2. The molecule has 1 aromatic heterocycles. The van der Waals surface area contributed by atoms with Crippen LogP contribution in [0, 0.1) is 11.6 Å². The van der Waals surface area contributed by atoms with Crippen molar-refractivity contribution in [2.24, 2.45) is 5.73 Å². The molecule has 1 aliphatic heterocycles. The molecule has 1 aliphatic rings. The first kappa shape index (κ1) is 24.0. The first-order valence-corrected chi connectivity index (χ1v) is 10.7. The molecule has 4 N–H and O–H groups in total. The number of carbonyl (C=O) groups excluding carboxylic acids is 1. The van der Waals surface area contributed by atoms with Crippen LogP contribution in [0.25, 0.3) is 10.9 Å². The van der Waals surface area contributed by atoms with Gasteiger partial charge < -0.3 is 30.2 Å². The summed E-state index contributed by atoms with van der Waals surface area (Å²) in [5.74, 6) is -2.61. The molecule has 180 valence electrons. The summed E-state index contributed by atoms with van der Waals surface area (Å²) in [4.78, 5) is 31.7. The number of nitrogens with zero attached hydrogens (tertiary/aromatic N) is 1. The highest BCUT2D eigenvalue weighted by atomic mass is 35.5. The van der Waals surface area contributed by atoms with Crippen molar-refractivity contribution in [3.8, 4) is 5.75 Å². The first-order valence-electron chi connectivity index (χ1n) is 10.4. The van der Waals surface area contributed by atoms with Gasteiger partial charge in [0.1, 0.15) is 23.9 Å². The van der Waals surface area contributed by atoms with Crippen LogP contribution in [0.2, 0.25) is 5.02 Å². The van der Waals surface area contributed by atoms with E-state index in [1.807, 2.05) is 0 Å². The van der Waals surface area contributed by atoms with Gasteiger partial charge in [0.25, 0.3) is 11.5 Å².